The van der Waals surface area contributed by atoms with Crippen LogP contribution >= 0.6 is 17.0 Å². The summed E-state index contributed by atoms with van der Waals surface area (Å²) in [5, 5.41) is 11.0. The van der Waals surface area contributed by atoms with Crippen molar-refractivity contribution in [2.24, 2.45) is 0 Å². The summed E-state index contributed by atoms with van der Waals surface area (Å²) in [6.45, 7) is 1.95. The van der Waals surface area contributed by atoms with Crippen molar-refractivity contribution in [1.29, 1.82) is 0 Å². The topological polar surface area (TPSA) is 112 Å². The van der Waals surface area contributed by atoms with Gasteiger partial charge < -0.3 is 9.97 Å². The Kier molecular flexibility index (Phi) is 4.57. The largest absolute Gasteiger partial charge is 0.316 e. The van der Waals surface area contributed by atoms with Gasteiger partial charge in [-0.15, -0.1) is 17.0 Å². The fraction of sp³-hybridized carbons (Fsp3) is 0.231. The Morgan fingerprint density at radius 3 is 2.41 bits per heavy atom. The summed E-state index contributed by atoms with van der Waals surface area (Å²) in [6.07, 6.45) is 4.01. The first kappa shape index (κ1) is 16.1. The molecule has 0 radical (unpaired) electrons. The number of non-ortho nitro benzene ring substituents is 1. The molecule has 1 aliphatic rings. The standard InChI is InChI=1S/C13H12N4O4.BrH/c18-12-13(19)15-11-8(7-16-3-1-2-4-16)5-9(17(20)21)6-10(11)14-12;/h1-2,5-6H,3-4,7H2,(H,14,18)(H,15,19);1H. The fourth-order valence-electron chi connectivity index (χ4n) is 2.40. The molecule has 2 heterocycles. The molecule has 0 saturated carbocycles. The van der Waals surface area contributed by atoms with Crippen molar-refractivity contribution >= 4 is 33.7 Å². The van der Waals surface area contributed by atoms with Crippen LogP contribution in [0.15, 0.2) is 33.9 Å². The number of hydrogen-bond acceptors (Lipinski definition) is 5. The predicted octanol–water partition coefficient (Wildman–Crippen LogP) is 1.07. The molecule has 1 aliphatic heterocycles. The zero-order valence-electron chi connectivity index (χ0n) is 11.4. The van der Waals surface area contributed by atoms with Crippen molar-refractivity contribution < 1.29 is 4.92 Å². The lowest BCUT2D eigenvalue weighted by atomic mass is 10.1. The molecule has 0 bridgehead atoms. The number of hydrogen-bond donors (Lipinski definition) is 2. The molecule has 22 heavy (non-hydrogen) atoms. The minimum absolute atomic E-state index is 0. The Morgan fingerprint density at radius 1 is 1.14 bits per heavy atom. The maximum absolute atomic E-state index is 11.5. The van der Waals surface area contributed by atoms with Crippen LogP contribution in [0.1, 0.15) is 5.56 Å². The summed E-state index contributed by atoms with van der Waals surface area (Å²) in [5.74, 6) is 0. The second-order valence-corrected chi connectivity index (χ2v) is 4.86. The molecule has 2 N–H and O–H groups in total. The minimum Gasteiger partial charge on any atom is -0.316 e. The van der Waals surface area contributed by atoms with E-state index in [4.69, 9.17) is 0 Å². The number of halogens is 1. The smallest absolute Gasteiger partial charge is 0.314 e. The van der Waals surface area contributed by atoms with E-state index in [-0.39, 0.29) is 28.2 Å². The molecule has 0 atom stereocenters. The Morgan fingerprint density at radius 2 is 1.77 bits per heavy atom. The molecule has 0 saturated heterocycles. The van der Waals surface area contributed by atoms with Gasteiger partial charge in [-0.2, -0.15) is 0 Å². The average Bonchev–Trinajstić information content (AvgIpc) is 2.93. The summed E-state index contributed by atoms with van der Waals surface area (Å²) in [7, 11) is 0. The molecular formula is C13H13BrN4O4. The second kappa shape index (κ2) is 6.24. The lowest BCUT2D eigenvalue weighted by molar-refractivity contribution is -0.384. The van der Waals surface area contributed by atoms with E-state index >= 15 is 0 Å². The van der Waals surface area contributed by atoms with E-state index < -0.39 is 16.0 Å². The van der Waals surface area contributed by atoms with Crippen LogP contribution in [-0.4, -0.2) is 32.9 Å². The maximum Gasteiger partial charge on any atom is 0.314 e. The van der Waals surface area contributed by atoms with Gasteiger partial charge in [0.05, 0.1) is 16.0 Å². The molecule has 0 unspecified atom stereocenters. The quantitative estimate of drug-likeness (QED) is 0.364. The van der Waals surface area contributed by atoms with Gasteiger partial charge in [-0.3, -0.25) is 24.6 Å². The number of fused-ring (bicyclic) bond motifs is 1. The molecule has 8 nitrogen and oxygen atoms in total. The molecule has 0 aliphatic carbocycles. The predicted molar refractivity (Wildman–Crippen MR) is 86.6 cm³/mol. The minimum atomic E-state index is -0.822. The van der Waals surface area contributed by atoms with E-state index in [0.717, 1.165) is 13.1 Å². The number of aromatic nitrogens is 2. The van der Waals surface area contributed by atoms with Crippen LogP contribution in [0, 0.1) is 10.1 Å². The molecule has 1 aromatic carbocycles. The molecule has 9 heteroatoms. The average molecular weight is 369 g/mol. The Labute approximate surface area is 134 Å². The van der Waals surface area contributed by atoms with Gasteiger partial charge in [0, 0.05) is 31.8 Å². The zero-order chi connectivity index (χ0) is 15.0. The van der Waals surface area contributed by atoms with Crippen molar-refractivity contribution in [3.8, 4) is 0 Å². The molecule has 0 amide bonds. The highest BCUT2D eigenvalue weighted by Gasteiger charge is 2.16. The fourth-order valence-corrected chi connectivity index (χ4v) is 2.40. The number of nitro groups is 1. The number of nitrogens with zero attached hydrogens (tertiary/aromatic N) is 2. The number of benzene rings is 1. The van der Waals surface area contributed by atoms with E-state index in [1.54, 1.807) is 0 Å². The van der Waals surface area contributed by atoms with Crippen LogP contribution in [0.4, 0.5) is 5.69 Å². The number of rotatable bonds is 3. The van der Waals surface area contributed by atoms with Crippen molar-refractivity contribution in [2.45, 2.75) is 6.54 Å². The highest BCUT2D eigenvalue weighted by Crippen LogP contribution is 2.23. The summed E-state index contributed by atoms with van der Waals surface area (Å²) < 4.78 is 0. The monoisotopic (exact) mass is 368 g/mol. The SMILES string of the molecule is Br.O=c1[nH]c2cc([N+](=O)[O-])cc(CN3CC=CC3)c2[nH]c1=O. The molecule has 0 fully saturated rings. The van der Waals surface area contributed by atoms with Crippen molar-refractivity contribution in [2.75, 3.05) is 13.1 Å². The highest BCUT2D eigenvalue weighted by atomic mass is 79.9. The van der Waals surface area contributed by atoms with Crippen LogP contribution in [0.2, 0.25) is 0 Å². The van der Waals surface area contributed by atoms with Gasteiger partial charge in [0.1, 0.15) is 0 Å². The van der Waals surface area contributed by atoms with E-state index in [0.29, 0.717) is 17.6 Å². The van der Waals surface area contributed by atoms with Crippen molar-refractivity contribution in [3.05, 3.63) is 60.7 Å². The number of nitrogens with one attached hydrogen (secondary N) is 2. The van der Waals surface area contributed by atoms with Crippen LogP contribution < -0.4 is 11.1 Å². The van der Waals surface area contributed by atoms with Gasteiger partial charge in [0.2, 0.25) is 0 Å². The number of H-pyrrole nitrogens is 2. The summed E-state index contributed by atoms with van der Waals surface area (Å²) in [4.78, 5) is 40.3. The Bertz CT molecular complexity index is 862. The van der Waals surface area contributed by atoms with Gasteiger partial charge in [0.15, 0.2) is 0 Å². The summed E-state index contributed by atoms with van der Waals surface area (Å²) in [6, 6.07) is 2.67. The number of nitro benzene ring substituents is 1. The van der Waals surface area contributed by atoms with Gasteiger partial charge in [0.25, 0.3) is 5.69 Å². The third-order valence-corrected chi connectivity index (χ3v) is 3.40. The third-order valence-electron chi connectivity index (χ3n) is 3.40. The lowest BCUT2D eigenvalue weighted by Gasteiger charge is -2.15. The normalized spacial score (nSPS) is 14.2. The first-order valence-electron chi connectivity index (χ1n) is 6.35. The molecule has 3 rings (SSSR count). The van der Waals surface area contributed by atoms with Gasteiger partial charge in [-0.1, -0.05) is 12.2 Å². The van der Waals surface area contributed by atoms with E-state index in [2.05, 4.69) is 14.9 Å². The molecular weight excluding hydrogens is 356 g/mol. The molecule has 116 valence electrons. The number of aromatic amines is 2. The van der Waals surface area contributed by atoms with Crippen molar-refractivity contribution in [3.63, 3.8) is 0 Å². The highest BCUT2D eigenvalue weighted by molar-refractivity contribution is 8.93. The Balaban J connectivity index is 0.00000176. The van der Waals surface area contributed by atoms with Crippen molar-refractivity contribution in [1.82, 2.24) is 14.9 Å². The van der Waals surface area contributed by atoms with E-state index in [1.165, 1.54) is 12.1 Å². The first-order chi connectivity index (χ1) is 10.0. The third kappa shape index (κ3) is 3.00. The second-order valence-electron chi connectivity index (χ2n) is 4.86. The van der Waals surface area contributed by atoms with Crippen LogP contribution in [0.5, 0.6) is 0 Å². The lowest BCUT2D eigenvalue weighted by Crippen LogP contribution is -2.29. The zero-order valence-corrected chi connectivity index (χ0v) is 13.1. The van der Waals surface area contributed by atoms with Gasteiger partial charge >= 0.3 is 11.1 Å². The summed E-state index contributed by atoms with van der Waals surface area (Å²) in [5.41, 5.74) is -0.411. The van der Waals surface area contributed by atoms with E-state index in [1.807, 2.05) is 12.2 Å². The molecule has 1 aromatic heterocycles. The van der Waals surface area contributed by atoms with Gasteiger partial charge in [-0.05, 0) is 5.56 Å². The Hall–Kier alpha value is -2.26. The van der Waals surface area contributed by atoms with Crippen LogP contribution in [0.3, 0.4) is 0 Å². The molecule has 2 aromatic rings. The van der Waals surface area contributed by atoms with Gasteiger partial charge in [-0.25, -0.2) is 0 Å². The maximum atomic E-state index is 11.5. The van der Waals surface area contributed by atoms with E-state index in [9.17, 15) is 19.7 Å². The first-order valence-corrected chi connectivity index (χ1v) is 6.35. The summed E-state index contributed by atoms with van der Waals surface area (Å²) >= 11 is 0. The van der Waals surface area contributed by atoms with Crippen LogP contribution in [-0.2, 0) is 6.54 Å². The van der Waals surface area contributed by atoms with Crippen LogP contribution in [0.25, 0.3) is 11.0 Å². The molecule has 0 spiro atoms.